The monoisotopic (exact) mass is 222 g/mol. The zero-order valence-corrected chi connectivity index (χ0v) is 9.38. The van der Waals surface area contributed by atoms with Crippen molar-refractivity contribution in [2.75, 3.05) is 0 Å². The van der Waals surface area contributed by atoms with Gasteiger partial charge in [-0.2, -0.15) is 0 Å². The smallest absolute Gasteiger partial charge is 0.303 e. The summed E-state index contributed by atoms with van der Waals surface area (Å²) in [6, 6.07) is 0.454. The van der Waals surface area contributed by atoms with Gasteiger partial charge in [0.15, 0.2) is 0 Å². The van der Waals surface area contributed by atoms with E-state index in [4.69, 9.17) is 5.11 Å². The van der Waals surface area contributed by atoms with Crippen LogP contribution in [0.3, 0.4) is 0 Å². The van der Waals surface area contributed by atoms with Gasteiger partial charge in [-0.15, -0.1) is 0 Å². The summed E-state index contributed by atoms with van der Waals surface area (Å²) in [5, 5.41) is 8.74. The summed E-state index contributed by atoms with van der Waals surface area (Å²) in [6.07, 6.45) is 11.5. The molecule has 2 rings (SSSR count). The van der Waals surface area contributed by atoms with Crippen molar-refractivity contribution in [2.24, 2.45) is 5.92 Å². The number of carbonyl (C=O) groups is 1. The molecule has 2 atom stereocenters. The van der Waals surface area contributed by atoms with Gasteiger partial charge in [-0.25, -0.2) is 4.98 Å². The van der Waals surface area contributed by atoms with E-state index in [-0.39, 0.29) is 6.42 Å². The number of aliphatic carboxylic acids is 1. The third-order valence-electron chi connectivity index (χ3n) is 3.51. The standard InChI is InChI=1S/C12H18N2O2/c15-12(16)6-5-10-3-1-2-4-11(10)14-8-7-13-9-14/h7-11H,1-6H2,(H,15,16). The van der Waals surface area contributed by atoms with Crippen molar-refractivity contribution >= 4 is 5.97 Å². The van der Waals surface area contributed by atoms with Crippen LogP contribution in [0.2, 0.25) is 0 Å². The molecule has 1 aliphatic carbocycles. The molecule has 0 aliphatic heterocycles. The Morgan fingerprint density at radius 3 is 2.94 bits per heavy atom. The number of carboxylic acid groups (broad SMARTS) is 1. The molecule has 1 N–H and O–H groups in total. The van der Waals surface area contributed by atoms with E-state index in [0.29, 0.717) is 12.0 Å². The van der Waals surface area contributed by atoms with Gasteiger partial charge in [-0.1, -0.05) is 12.8 Å². The van der Waals surface area contributed by atoms with E-state index in [1.165, 1.54) is 12.8 Å². The molecule has 0 bridgehead atoms. The quantitative estimate of drug-likeness (QED) is 0.851. The van der Waals surface area contributed by atoms with Gasteiger partial charge in [0, 0.05) is 24.9 Å². The lowest BCUT2D eigenvalue weighted by atomic mass is 9.81. The van der Waals surface area contributed by atoms with Crippen LogP contribution in [0.15, 0.2) is 18.7 Å². The molecule has 4 heteroatoms. The lowest BCUT2D eigenvalue weighted by Gasteiger charge is -2.32. The Morgan fingerprint density at radius 2 is 2.25 bits per heavy atom. The molecule has 4 nitrogen and oxygen atoms in total. The van der Waals surface area contributed by atoms with Gasteiger partial charge in [-0.05, 0) is 25.2 Å². The minimum Gasteiger partial charge on any atom is -0.481 e. The summed E-state index contributed by atoms with van der Waals surface area (Å²) in [6.45, 7) is 0. The van der Waals surface area contributed by atoms with E-state index >= 15 is 0 Å². The van der Waals surface area contributed by atoms with Crippen LogP contribution in [0.25, 0.3) is 0 Å². The van der Waals surface area contributed by atoms with Crippen LogP contribution < -0.4 is 0 Å². The molecule has 1 heterocycles. The molecule has 1 aromatic rings. The summed E-state index contributed by atoms with van der Waals surface area (Å²) < 4.78 is 2.14. The second-order valence-electron chi connectivity index (χ2n) is 4.55. The van der Waals surface area contributed by atoms with Gasteiger partial charge in [-0.3, -0.25) is 4.79 Å². The molecule has 0 radical (unpaired) electrons. The summed E-state index contributed by atoms with van der Waals surface area (Å²) in [5.41, 5.74) is 0. The van der Waals surface area contributed by atoms with Gasteiger partial charge in [0.2, 0.25) is 0 Å². The van der Waals surface area contributed by atoms with Crippen molar-refractivity contribution in [1.82, 2.24) is 9.55 Å². The van der Waals surface area contributed by atoms with Crippen LogP contribution in [0.1, 0.15) is 44.6 Å². The highest BCUT2D eigenvalue weighted by Gasteiger charge is 2.26. The molecular weight excluding hydrogens is 204 g/mol. The molecule has 0 amide bonds. The molecule has 1 saturated carbocycles. The molecule has 1 fully saturated rings. The van der Waals surface area contributed by atoms with Crippen LogP contribution in [-0.4, -0.2) is 20.6 Å². The largest absolute Gasteiger partial charge is 0.481 e. The van der Waals surface area contributed by atoms with Crippen molar-refractivity contribution in [3.63, 3.8) is 0 Å². The maximum Gasteiger partial charge on any atom is 0.303 e. The lowest BCUT2D eigenvalue weighted by molar-refractivity contribution is -0.137. The Kier molecular flexibility index (Phi) is 3.59. The highest BCUT2D eigenvalue weighted by molar-refractivity contribution is 5.66. The minimum absolute atomic E-state index is 0.288. The zero-order chi connectivity index (χ0) is 11.4. The number of imidazole rings is 1. The Morgan fingerprint density at radius 1 is 1.44 bits per heavy atom. The number of hydrogen-bond acceptors (Lipinski definition) is 2. The SMILES string of the molecule is O=C(O)CCC1CCCCC1n1ccnc1. The second-order valence-corrected chi connectivity index (χ2v) is 4.55. The van der Waals surface area contributed by atoms with E-state index in [9.17, 15) is 4.79 Å². The van der Waals surface area contributed by atoms with Crippen LogP contribution in [-0.2, 0) is 4.79 Å². The zero-order valence-electron chi connectivity index (χ0n) is 9.38. The Bertz CT molecular complexity index is 335. The second kappa shape index (κ2) is 5.14. The van der Waals surface area contributed by atoms with Gasteiger partial charge in [0.05, 0.1) is 6.33 Å². The van der Waals surface area contributed by atoms with Crippen LogP contribution in [0, 0.1) is 5.92 Å². The molecule has 2 unspecified atom stereocenters. The fraction of sp³-hybridized carbons (Fsp3) is 0.667. The van der Waals surface area contributed by atoms with Gasteiger partial charge < -0.3 is 9.67 Å². The van der Waals surface area contributed by atoms with Crippen molar-refractivity contribution in [3.8, 4) is 0 Å². The molecule has 0 saturated heterocycles. The van der Waals surface area contributed by atoms with Crippen LogP contribution in [0.4, 0.5) is 0 Å². The first kappa shape index (κ1) is 11.2. The highest BCUT2D eigenvalue weighted by Crippen LogP contribution is 2.36. The highest BCUT2D eigenvalue weighted by atomic mass is 16.4. The first-order valence-corrected chi connectivity index (χ1v) is 5.96. The predicted octanol–water partition coefficient (Wildman–Crippen LogP) is 2.48. The number of carboxylic acids is 1. The summed E-state index contributed by atoms with van der Waals surface area (Å²) in [7, 11) is 0. The van der Waals surface area contributed by atoms with Crippen molar-refractivity contribution in [2.45, 2.75) is 44.6 Å². The number of nitrogens with zero attached hydrogens (tertiary/aromatic N) is 2. The summed E-state index contributed by atoms with van der Waals surface area (Å²) >= 11 is 0. The Labute approximate surface area is 95.3 Å². The van der Waals surface area contributed by atoms with E-state index in [1.807, 2.05) is 12.5 Å². The van der Waals surface area contributed by atoms with E-state index < -0.39 is 5.97 Å². The molecule has 0 aromatic carbocycles. The average molecular weight is 222 g/mol. The summed E-state index contributed by atoms with van der Waals surface area (Å²) in [5.74, 6) is -0.186. The maximum absolute atomic E-state index is 10.6. The molecule has 0 spiro atoms. The summed E-state index contributed by atoms with van der Waals surface area (Å²) in [4.78, 5) is 14.7. The third kappa shape index (κ3) is 2.62. The molecule has 1 aromatic heterocycles. The lowest BCUT2D eigenvalue weighted by Crippen LogP contribution is -2.23. The number of rotatable bonds is 4. The fourth-order valence-corrected chi connectivity index (χ4v) is 2.69. The first-order chi connectivity index (χ1) is 7.77. The third-order valence-corrected chi connectivity index (χ3v) is 3.51. The van der Waals surface area contributed by atoms with Gasteiger partial charge in [0.1, 0.15) is 0 Å². The molecule has 16 heavy (non-hydrogen) atoms. The normalized spacial score (nSPS) is 25.5. The predicted molar refractivity (Wildman–Crippen MR) is 60.1 cm³/mol. The Balaban J connectivity index is 2.00. The Hall–Kier alpha value is -1.32. The average Bonchev–Trinajstić information content (AvgIpc) is 2.80. The first-order valence-electron chi connectivity index (χ1n) is 5.96. The van der Waals surface area contributed by atoms with Crippen LogP contribution in [0.5, 0.6) is 0 Å². The van der Waals surface area contributed by atoms with Gasteiger partial charge in [0.25, 0.3) is 0 Å². The number of hydrogen-bond donors (Lipinski definition) is 1. The van der Waals surface area contributed by atoms with E-state index in [2.05, 4.69) is 9.55 Å². The molecular formula is C12H18N2O2. The molecule has 88 valence electrons. The van der Waals surface area contributed by atoms with Crippen molar-refractivity contribution < 1.29 is 9.90 Å². The molecule has 1 aliphatic rings. The van der Waals surface area contributed by atoms with Crippen molar-refractivity contribution in [1.29, 1.82) is 0 Å². The van der Waals surface area contributed by atoms with Crippen molar-refractivity contribution in [3.05, 3.63) is 18.7 Å². The minimum atomic E-state index is -0.685. The van der Waals surface area contributed by atoms with E-state index in [0.717, 1.165) is 19.3 Å². The fourth-order valence-electron chi connectivity index (χ4n) is 2.69. The van der Waals surface area contributed by atoms with E-state index in [1.54, 1.807) is 6.20 Å². The number of aromatic nitrogens is 2. The van der Waals surface area contributed by atoms with Crippen LogP contribution >= 0.6 is 0 Å². The topological polar surface area (TPSA) is 55.1 Å². The maximum atomic E-state index is 10.6. The van der Waals surface area contributed by atoms with Gasteiger partial charge >= 0.3 is 5.97 Å².